The van der Waals surface area contributed by atoms with Gasteiger partial charge in [-0.25, -0.2) is 0 Å². The molecule has 0 aliphatic heterocycles. The van der Waals surface area contributed by atoms with Gasteiger partial charge in [-0.1, -0.05) is 231 Å². The smallest absolute Gasteiger partial charge is 0.306 e. The fraction of sp³-hybridized carbons (Fsp3) is 0.882. The lowest BCUT2D eigenvalue weighted by molar-refractivity contribution is -0.163. The second-order valence-corrected chi connectivity index (χ2v) is 16.7. The van der Waals surface area contributed by atoms with Gasteiger partial charge in [0.05, 0.1) is 6.61 Å². The normalized spacial score (nSPS) is 12.3. The Hall–Kier alpha value is -1.62. The maximum Gasteiger partial charge on any atom is 0.306 e. The monoisotopic (exact) mass is 789 g/mol. The molecule has 0 radical (unpaired) electrons. The van der Waals surface area contributed by atoms with E-state index in [0.717, 1.165) is 57.8 Å². The third kappa shape index (κ3) is 45.1. The van der Waals surface area contributed by atoms with E-state index in [1.165, 1.54) is 173 Å². The SMILES string of the molecule is CCC/C=C\C/C=C\CCCCCCCC(=O)OC(COCCCCCCCCCC)COC(=O)CCCCCCCCCCCCCCCCCCCCC. The van der Waals surface area contributed by atoms with Crippen molar-refractivity contribution in [1.82, 2.24) is 0 Å². The van der Waals surface area contributed by atoms with Gasteiger partial charge in [-0.2, -0.15) is 0 Å². The van der Waals surface area contributed by atoms with Gasteiger partial charge in [-0.15, -0.1) is 0 Å². The van der Waals surface area contributed by atoms with Gasteiger partial charge < -0.3 is 14.2 Å². The molecule has 5 nitrogen and oxygen atoms in total. The van der Waals surface area contributed by atoms with Crippen molar-refractivity contribution in [2.75, 3.05) is 19.8 Å². The summed E-state index contributed by atoms with van der Waals surface area (Å²) < 4.78 is 17.3. The van der Waals surface area contributed by atoms with Crippen LogP contribution < -0.4 is 0 Å². The molecule has 1 unspecified atom stereocenters. The van der Waals surface area contributed by atoms with Gasteiger partial charge in [0.2, 0.25) is 0 Å². The zero-order valence-electron chi connectivity index (χ0n) is 37.9. The van der Waals surface area contributed by atoms with E-state index in [1.54, 1.807) is 0 Å². The van der Waals surface area contributed by atoms with Gasteiger partial charge in [-0.05, 0) is 44.9 Å². The van der Waals surface area contributed by atoms with Gasteiger partial charge in [0, 0.05) is 19.4 Å². The standard InChI is InChI=1S/C51H96O5/c1-4-7-10-13-16-19-21-23-24-25-26-27-28-30-31-33-35-38-41-44-50(52)55-48-49(47-54-46-43-40-37-18-15-12-9-6-3)56-51(53)45-42-39-36-34-32-29-22-20-17-14-11-8-5-2/h11,14,20,22,49H,4-10,12-13,15-19,21,23-48H2,1-3H3/b14-11-,22-20-. The Morgan fingerprint density at radius 3 is 1.25 bits per heavy atom. The minimum absolute atomic E-state index is 0.0863. The van der Waals surface area contributed by atoms with Crippen LogP contribution in [0.2, 0.25) is 0 Å². The van der Waals surface area contributed by atoms with Crippen molar-refractivity contribution in [1.29, 1.82) is 0 Å². The van der Waals surface area contributed by atoms with Crippen LogP contribution in [0.3, 0.4) is 0 Å². The summed E-state index contributed by atoms with van der Waals surface area (Å²) in [5.74, 6) is -0.400. The number of esters is 2. The van der Waals surface area contributed by atoms with Crippen molar-refractivity contribution < 1.29 is 23.8 Å². The fourth-order valence-corrected chi connectivity index (χ4v) is 7.25. The molecule has 0 heterocycles. The molecule has 0 aliphatic carbocycles. The first-order chi connectivity index (χ1) is 27.6. The molecule has 0 spiro atoms. The van der Waals surface area contributed by atoms with Crippen LogP contribution in [0.25, 0.3) is 0 Å². The third-order valence-electron chi connectivity index (χ3n) is 11.0. The van der Waals surface area contributed by atoms with E-state index in [0.29, 0.717) is 19.4 Å². The van der Waals surface area contributed by atoms with E-state index < -0.39 is 6.10 Å². The summed E-state index contributed by atoms with van der Waals surface area (Å²) in [6.45, 7) is 7.78. The average Bonchev–Trinajstić information content (AvgIpc) is 3.20. The second-order valence-electron chi connectivity index (χ2n) is 16.7. The number of hydrogen-bond acceptors (Lipinski definition) is 5. The van der Waals surface area contributed by atoms with Crippen molar-refractivity contribution in [3.63, 3.8) is 0 Å². The predicted molar refractivity (Wildman–Crippen MR) is 242 cm³/mol. The average molecular weight is 789 g/mol. The molecule has 0 saturated carbocycles. The second kappa shape index (κ2) is 47.8. The Labute approximate surface area is 349 Å². The van der Waals surface area contributed by atoms with Crippen LogP contribution in [0.1, 0.15) is 265 Å². The van der Waals surface area contributed by atoms with E-state index >= 15 is 0 Å². The number of carbonyl (C=O) groups excluding carboxylic acids is 2. The Morgan fingerprint density at radius 1 is 0.393 bits per heavy atom. The minimum atomic E-state index is -0.533. The molecular formula is C51H96O5. The van der Waals surface area contributed by atoms with E-state index in [4.69, 9.17) is 14.2 Å². The topological polar surface area (TPSA) is 61.8 Å². The quantitative estimate of drug-likeness (QED) is 0.0349. The molecule has 0 aromatic heterocycles. The summed E-state index contributed by atoms with van der Waals surface area (Å²) in [5, 5.41) is 0. The van der Waals surface area contributed by atoms with Gasteiger partial charge in [0.25, 0.3) is 0 Å². The van der Waals surface area contributed by atoms with Crippen LogP contribution in [0.5, 0.6) is 0 Å². The maximum atomic E-state index is 12.7. The number of allylic oxidation sites excluding steroid dienone is 4. The fourth-order valence-electron chi connectivity index (χ4n) is 7.25. The van der Waals surface area contributed by atoms with E-state index in [1.807, 2.05) is 0 Å². The first-order valence-electron chi connectivity index (χ1n) is 24.9. The van der Waals surface area contributed by atoms with Crippen molar-refractivity contribution in [3.05, 3.63) is 24.3 Å². The maximum absolute atomic E-state index is 12.7. The molecule has 56 heavy (non-hydrogen) atoms. The highest BCUT2D eigenvalue weighted by atomic mass is 16.6. The van der Waals surface area contributed by atoms with E-state index in [2.05, 4.69) is 45.1 Å². The molecule has 5 heteroatoms. The Balaban J connectivity index is 4.09. The van der Waals surface area contributed by atoms with Crippen LogP contribution in [-0.2, 0) is 23.8 Å². The lowest BCUT2D eigenvalue weighted by atomic mass is 10.0. The molecule has 0 rings (SSSR count). The first kappa shape index (κ1) is 54.4. The Bertz CT molecular complexity index is 851. The summed E-state index contributed by atoms with van der Waals surface area (Å²) in [5.41, 5.74) is 0. The highest BCUT2D eigenvalue weighted by molar-refractivity contribution is 5.70. The van der Waals surface area contributed by atoms with Crippen LogP contribution in [0.4, 0.5) is 0 Å². The Morgan fingerprint density at radius 2 is 0.786 bits per heavy atom. The summed E-state index contributed by atoms with van der Waals surface area (Å²) >= 11 is 0. The first-order valence-corrected chi connectivity index (χ1v) is 24.9. The molecule has 1 atom stereocenters. The molecule has 0 aromatic rings. The van der Waals surface area contributed by atoms with Crippen LogP contribution in [0, 0.1) is 0 Å². The lowest BCUT2D eigenvalue weighted by Crippen LogP contribution is -2.30. The van der Waals surface area contributed by atoms with Gasteiger partial charge in [0.15, 0.2) is 6.10 Å². The molecular weight excluding hydrogens is 693 g/mol. The lowest BCUT2D eigenvalue weighted by Gasteiger charge is -2.18. The van der Waals surface area contributed by atoms with Crippen LogP contribution in [0.15, 0.2) is 24.3 Å². The van der Waals surface area contributed by atoms with Crippen molar-refractivity contribution >= 4 is 11.9 Å². The van der Waals surface area contributed by atoms with E-state index in [-0.39, 0.29) is 25.2 Å². The zero-order chi connectivity index (χ0) is 40.7. The number of ether oxygens (including phenoxy) is 3. The molecule has 330 valence electrons. The molecule has 0 aromatic carbocycles. The predicted octanol–water partition coefficient (Wildman–Crippen LogP) is 16.5. The van der Waals surface area contributed by atoms with E-state index in [9.17, 15) is 9.59 Å². The number of unbranched alkanes of at least 4 members (excludes halogenated alkanes) is 31. The van der Waals surface area contributed by atoms with Gasteiger partial charge in [0.1, 0.15) is 6.61 Å². The summed E-state index contributed by atoms with van der Waals surface area (Å²) in [6, 6.07) is 0. The summed E-state index contributed by atoms with van der Waals surface area (Å²) in [7, 11) is 0. The van der Waals surface area contributed by atoms with Gasteiger partial charge in [-0.3, -0.25) is 9.59 Å². The largest absolute Gasteiger partial charge is 0.462 e. The minimum Gasteiger partial charge on any atom is -0.462 e. The highest BCUT2D eigenvalue weighted by Crippen LogP contribution is 2.16. The molecule has 0 bridgehead atoms. The molecule has 0 fully saturated rings. The van der Waals surface area contributed by atoms with Crippen LogP contribution in [-0.4, -0.2) is 37.9 Å². The molecule has 0 N–H and O–H groups in total. The molecule has 0 aliphatic rings. The van der Waals surface area contributed by atoms with Gasteiger partial charge >= 0.3 is 11.9 Å². The number of carbonyl (C=O) groups is 2. The zero-order valence-corrected chi connectivity index (χ0v) is 37.9. The number of rotatable bonds is 46. The van der Waals surface area contributed by atoms with Crippen molar-refractivity contribution in [3.8, 4) is 0 Å². The highest BCUT2D eigenvalue weighted by Gasteiger charge is 2.17. The molecule has 0 amide bonds. The van der Waals surface area contributed by atoms with Crippen molar-refractivity contribution in [2.45, 2.75) is 271 Å². The van der Waals surface area contributed by atoms with Crippen molar-refractivity contribution in [2.24, 2.45) is 0 Å². The third-order valence-corrected chi connectivity index (χ3v) is 11.0. The molecule has 0 saturated heterocycles. The Kier molecular flexibility index (Phi) is 46.4. The number of hydrogen-bond donors (Lipinski definition) is 0. The summed E-state index contributed by atoms with van der Waals surface area (Å²) in [4.78, 5) is 25.3. The van der Waals surface area contributed by atoms with Crippen LogP contribution >= 0.6 is 0 Å². The summed E-state index contributed by atoms with van der Waals surface area (Å²) in [6.07, 6.45) is 54.7.